The number of imidazole rings is 1. The van der Waals surface area contributed by atoms with Crippen molar-refractivity contribution in [3.63, 3.8) is 0 Å². The molecule has 2 aromatic heterocycles. The zero-order valence-electron chi connectivity index (χ0n) is 23.8. The van der Waals surface area contributed by atoms with Crippen LogP contribution in [0.25, 0.3) is 11.2 Å². The minimum absolute atomic E-state index is 0.111. The molecule has 2 amide bonds. The molecule has 2 heterocycles. The van der Waals surface area contributed by atoms with Gasteiger partial charge in [-0.1, -0.05) is 29.7 Å². The average molecular weight is 610 g/mol. The van der Waals surface area contributed by atoms with Gasteiger partial charge in [0.1, 0.15) is 6.10 Å². The Labute approximate surface area is 254 Å². The number of hydrogen-bond acceptors (Lipinski definition) is 10. The molecule has 0 saturated heterocycles. The fraction of sp³-hybridized carbons (Fsp3) is 0.483. The number of nitrogens with one attached hydrogen (secondary N) is 4. The molecule has 228 valence electrons. The summed E-state index contributed by atoms with van der Waals surface area (Å²) in [5.74, 6) is 5.87. The third-order valence-corrected chi connectivity index (χ3v) is 8.27. The third kappa shape index (κ3) is 6.29. The van der Waals surface area contributed by atoms with Crippen LogP contribution in [0.15, 0.2) is 30.6 Å². The molecule has 2 aliphatic rings. The largest absolute Gasteiger partial charge is 0.389 e. The lowest BCUT2D eigenvalue weighted by molar-refractivity contribution is -0.132. The summed E-state index contributed by atoms with van der Waals surface area (Å²) in [7, 11) is 1.52. The second-order valence-corrected chi connectivity index (χ2v) is 11.2. The highest BCUT2D eigenvalue weighted by molar-refractivity contribution is 6.30. The number of amides is 2. The van der Waals surface area contributed by atoms with E-state index >= 15 is 0 Å². The molecule has 0 bridgehead atoms. The van der Waals surface area contributed by atoms with Crippen LogP contribution >= 0.6 is 11.6 Å². The van der Waals surface area contributed by atoms with E-state index in [2.05, 4.69) is 48.1 Å². The van der Waals surface area contributed by atoms with Crippen molar-refractivity contribution in [3.8, 4) is 11.8 Å². The number of fused-ring (bicyclic) bond motifs is 2. The summed E-state index contributed by atoms with van der Waals surface area (Å²) >= 11 is 6.16. The third-order valence-electron chi connectivity index (χ3n) is 8.04. The number of aliphatic hydroxyl groups is 2. The van der Waals surface area contributed by atoms with Crippen LogP contribution in [-0.4, -0.2) is 87.0 Å². The number of halogens is 1. The Hall–Kier alpha value is -3.80. The maximum Gasteiger partial charge on any atom is 0.229 e. The average Bonchev–Trinajstić information content (AvgIpc) is 3.54. The van der Waals surface area contributed by atoms with Gasteiger partial charge in [0.2, 0.25) is 17.6 Å². The molecule has 5 rings (SSSR count). The van der Waals surface area contributed by atoms with Crippen molar-refractivity contribution in [1.29, 1.82) is 0 Å². The van der Waals surface area contributed by atoms with Gasteiger partial charge in [-0.25, -0.2) is 15.0 Å². The number of rotatable bonds is 12. The molecule has 43 heavy (non-hydrogen) atoms. The summed E-state index contributed by atoms with van der Waals surface area (Å²) in [5, 5.41) is 34.3. The highest BCUT2D eigenvalue weighted by Crippen LogP contribution is 2.67. The van der Waals surface area contributed by atoms with Gasteiger partial charge in [-0.3, -0.25) is 9.59 Å². The maximum atomic E-state index is 12.7. The van der Waals surface area contributed by atoms with Crippen molar-refractivity contribution in [1.82, 2.24) is 35.5 Å². The minimum atomic E-state index is -1.22. The lowest BCUT2D eigenvalue weighted by Gasteiger charge is -2.23. The number of benzene rings is 1. The Morgan fingerprint density at radius 1 is 1.23 bits per heavy atom. The molecular formula is C29H36ClN9O4. The van der Waals surface area contributed by atoms with E-state index in [0.717, 1.165) is 5.56 Å². The van der Waals surface area contributed by atoms with E-state index in [4.69, 9.17) is 17.3 Å². The SMILES string of the molecule is CNC(=O)[C@]12C[C@@H]1[C@@H](n1cnc3c(NCc4cccc(Cl)c4)nc(C#CCCC(=O)NCCNCCN)nc31)[C@H](O)[C@@H]2O. The number of carbonyl (C=O) groups excluding carboxylic acids is 2. The standard InChI is InChI=1S/C29H36ClN9O4/c1-32-28(43)29-14-19(29)23(24(41)25(29)42)39-16-36-22-26(35-15-17-5-4-6-18(30)13-17)37-20(38-27(22)39)7-2-3-8-21(40)34-12-11-33-10-9-31/h4-6,13,16,19,23-25,33,41-42H,3,8-12,14-15,31H2,1H3,(H,32,43)(H,34,40)(H,35,37,38)/t19-,23-,24+,25+,29-/m1/s1. The van der Waals surface area contributed by atoms with Gasteiger partial charge >= 0.3 is 0 Å². The van der Waals surface area contributed by atoms with Crippen LogP contribution in [-0.2, 0) is 16.1 Å². The summed E-state index contributed by atoms with van der Waals surface area (Å²) < 4.78 is 1.70. The molecule has 0 spiro atoms. The molecule has 13 nitrogen and oxygen atoms in total. The number of anilines is 1. The van der Waals surface area contributed by atoms with Crippen LogP contribution in [0.3, 0.4) is 0 Å². The van der Waals surface area contributed by atoms with Crippen LogP contribution in [0.4, 0.5) is 5.82 Å². The first-order valence-electron chi connectivity index (χ1n) is 14.3. The van der Waals surface area contributed by atoms with E-state index in [1.165, 1.54) is 7.05 Å². The van der Waals surface area contributed by atoms with Crippen molar-refractivity contribution in [2.45, 2.75) is 44.1 Å². The predicted molar refractivity (Wildman–Crippen MR) is 161 cm³/mol. The highest BCUT2D eigenvalue weighted by Gasteiger charge is 2.75. The number of aromatic nitrogens is 4. The number of aliphatic hydroxyl groups excluding tert-OH is 2. The summed E-state index contributed by atoms with van der Waals surface area (Å²) in [6.45, 7) is 2.77. The number of nitrogens with two attached hydrogens (primary N) is 1. The monoisotopic (exact) mass is 609 g/mol. The van der Waals surface area contributed by atoms with Gasteiger partial charge in [-0.05, 0) is 30.0 Å². The molecule has 0 radical (unpaired) electrons. The van der Waals surface area contributed by atoms with E-state index in [1.807, 2.05) is 18.2 Å². The minimum Gasteiger partial charge on any atom is -0.389 e. The first kappa shape index (κ1) is 30.7. The van der Waals surface area contributed by atoms with Gasteiger partial charge in [0.25, 0.3) is 0 Å². The fourth-order valence-corrected chi connectivity index (χ4v) is 6.07. The molecular weight excluding hydrogens is 574 g/mol. The van der Waals surface area contributed by atoms with E-state index in [1.54, 1.807) is 17.0 Å². The van der Waals surface area contributed by atoms with E-state index < -0.39 is 23.7 Å². The quantitative estimate of drug-likeness (QED) is 0.108. The summed E-state index contributed by atoms with van der Waals surface area (Å²) in [6, 6.07) is 6.80. The van der Waals surface area contributed by atoms with Crippen LogP contribution in [0.2, 0.25) is 5.02 Å². The molecule has 1 aromatic carbocycles. The Kier molecular flexibility index (Phi) is 9.43. The van der Waals surface area contributed by atoms with Gasteiger partial charge in [0, 0.05) is 63.6 Å². The number of carbonyl (C=O) groups is 2. The summed E-state index contributed by atoms with van der Waals surface area (Å²) in [5.41, 5.74) is 6.19. The second-order valence-electron chi connectivity index (χ2n) is 10.7. The summed E-state index contributed by atoms with van der Waals surface area (Å²) in [4.78, 5) is 38.6. The van der Waals surface area contributed by atoms with Crippen molar-refractivity contribution >= 4 is 40.4 Å². The van der Waals surface area contributed by atoms with Crippen molar-refractivity contribution < 1.29 is 19.8 Å². The highest BCUT2D eigenvalue weighted by atomic mass is 35.5. The summed E-state index contributed by atoms with van der Waals surface area (Å²) in [6.07, 6.45) is 0.108. The first-order chi connectivity index (χ1) is 20.8. The molecule has 0 unspecified atom stereocenters. The molecule has 3 aromatic rings. The zero-order valence-corrected chi connectivity index (χ0v) is 24.6. The zero-order chi connectivity index (χ0) is 30.6. The lowest BCUT2D eigenvalue weighted by Crippen LogP contribution is -2.41. The van der Waals surface area contributed by atoms with E-state index in [0.29, 0.717) is 67.6 Å². The van der Waals surface area contributed by atoms with Gasteiger partial charge in [0.05, 0.1) is 23.9 Å². The van der Waals surface area contributed by atoms with Crippen LogP contribution in [0, 0.1) is 23.2 Å². The molecule has 2 aliphatic carbocycles. The second kappa shape index (κ2) is 13.2. The van der Waals surface area contributed by atoms with Gasteiger partial charge in [0.15, 0.2) is 17.0 Å². The van der Waals surface area contributed by atoms with Gasteiger partial charge in [-0.2, -0.15) is 0 Å². The predicted octanol–water partition coefficient (Wildman–Crippen LogP) is -0.0832. The fourth-order valence-electron chi connectivity index (χ4n) is 5.86. The van der Waals surface area contributed by atoms with Crippen LogP contribution < -0.4 is 27.0 Å². The molecule has 2 fully saturated rings. The lowest BCUT2D eigenvalue weighted by atomic mass is 9.98. The number of hydrogen-bond donors (Lipinski definition) is 7. The normalized spacial score (nSPS) is 23.7. The van der Waals surface area contributed by atoms with Gasteiger partial charge < -0.3 is 41.8 Å². The van der Waals surface area contributed by atoms with Crippen molar-refractivity contribution in [2.75, 3.05) is 38.5 Å². The molecule has 2 saturated carbocycles. The Balaban J connectivity index is 1.38. The maximum absolute atomic E-state index is 12.7. The van der Waals surface area contributed by atoms with E-state index in [9.17, 15) is 19.8 Å². The van der Waals surface area contributed by atoms with Crippen LogP contribution in [0.1, 0.15) is 36.7 Å². The molecule has 8 N–H and O–H groups in total. The van der Waals surface area contributed by atoms with Gasteiger partial charge in [-0.15, -0.1) is 0 Å². The van der Waals surface area contributed by atoms with Crippen molar-refractivity contribution in [2.24, 2.45) is 17.1 Å². The number of nitrogens with zero attached hydrogens (tertiary/aromatic N) is 4. The molecule has 5 atom stereocenters. The van der Waals surface area contributed by atoms with E-state index in [-0.39, 0.29) is 30.0 Å². The first-order valence-corrected chi connectivity index (χ1v) is 14.7. The Morgan fingerprint density at radius 3 is 2.84 bits per heavy atom. The van der Waals surface area contributed by atoms with Crippen molar-refractivity contribution in [3.05, 3.63) is 47.0 Å². The smallest absolute Gasteiger partial charge is 0.229 e. The Morgan fingerprint density at radius 2 is 2.07 bits per heavy atom. The van der Waals surface area contributed by atoms with Crippen LogP contribution in [0.5, 0.6) is 0 Å². The Bertz CT molecular complexity index is 1550. The topological polar surface area (TPSA) is 192 Å². The molecule has 0 aliphatic heterocycles. The molecule has 14 heteroatoms.